The zero-order valence-corrected chi connectivity index (χ0v) is 18.4. The molecule has 1 aliphatic heterocycles. The largest absolute Gasteiger partial charge is 0.378 e. The Morgan fingerprint density at radius 1 is 1.00 bits per heavy atom. The summed E-state index contributed by atoms with van der Waals surface area (Å²) in [5.74, 6) is 0.625. The minimum Gasteiger partial charge on any atom is -0.378 e. The number of nitrogens with zero attached hydrogens (tertiary/aromatic N) is 8. The predicted octanol–water partition coefficient (Wildman–Crippen LogP) is 3.01. The first-order chi connectivity index (χ1) is 15.0. The van der Waals surface area contributed by atoms with Crippen LogP contribution in [0.25, 0.3) is 22.6 Å². The summed E-state index contributed by atoms with van der Waals surface area (Å²) >= 11 is 5.97. The van der Waals surface area contributed by atoms with Gasteiger partial charge in [0.05, 0.1) is 35.3 Å². The van der Waals surface area contributed by atoms with Gasteiger partial charge in [-0.15, -0.1) is 0 Å². The fourth-order valence-electron chi connectivity index (χ4n) is 3.05. The van der Waals surface area contributed by atoms with Crippen LogP contribution in [0, 0.1) is 13.8 Å². The van der Waals surface area contributed by atoms with Gasteiger partial charge in [0, 0.05) is 38.7 Å². The van der Waals surface area contributed by atoms with Crippen molar-refractivity contribution in [2.24, 2.45) is 7.05 Å². The molecule has 160 valence electrons. The first-order valence-corrected chi connectivity index (χ1v) is 10.3. The van der Waals surface area contributed by atoms with E-state index in [1.165, 1.54) is 0 Å². The molecular formula is C21H23ClN8O. The van der Waals surface area contributed by atoms with E-state index in [2.05, 4.69) is 29.9 Å². The average molecular weight is 439 g/mol. The standard InChI is InChI=1S/C17H17ClN6O.C4H6N2/c1-10-11(2)21-16-15(20-10)14(13-4-3-12(18)9-19-13)22-17(23-16)24-5-7-25-8-6-24;1-6-4-2-3-5-6/h3-4,9H,5-8H2,1-2H3;2-4H,1H3. The summed E-state index contributed by atoms with van der Waals surface area (Å²) < 4.78 is 7.17. The molecule has 4 aromatic heterocycles. The summed E-state index contributed by atoms with van der Waals surface area (Å²) in [6.07, 6.45) is 5.24. The van der Waals surface area contributed by atoms with Gasteiger partial charge < -0.3 is 9.64 Å². The molecule has 1 fully saturated rings. The third-order valence-corrected chi connectivity index (χ3v) is 5.05. The van der Waals surface area contributed by atoms with Crippen LogP contribution < -0.4 is 4.90 Å². The second-order valence-electron chi connectivity index (χ2n) is 7.08. The van der Waals surface area contributed by atoms with Crippen LogP contribution in [0.5, 0.6) is 0 Å². The molecule has 0 bridgehead atoms. The third-order valence-electron chi connectivity index (χ3n) is 4.83. The van der Waals surface area contributed by atoms with E-state index in [0.29, 0.717) is 46.7 Å². The smallest absolute Gasteiger partial charge is 0.228 e. The van der Waals surface area contributed by atoms with Gasteiger partial charge in [-0.2, -0.15) is 10.1 Å². The minimum atomic E-state index is 0.575. The predicted molar refractivity (Wildman–Crippen MR) is 119 cm³/mol. The number of hydrogen-bond acceptors (Lipinski definition) is 8. The summed E-state index contributed by atoms with van der Waals surface area (Å²) in [5.41, 5.74) is 4.29. The van der Waals surface area contributed by atoms with Gasteiger partial charge in [0.15, 0.2) is 5.65 Å². The molecule has 5 heterocycles. The van der Waals surface area contributed by atoms with Crippen molar-refractivity contribution in [2.45, 2.75) is 13.8 Å². The van der Waals surface area contributed by atoms with E-state index in [4.69, 9.17) is 21.3 Å². The minimum absolute atomic E-state index is 0.575. The Hall–Kier alpha value is -3.17. The van der Waals surface area contributed by atoms with E-state index >= 15 is 0 Å². The Morgan fingerprint density at radius 2 is 1.77 bits per heavy atom. The van der Waals surface area contributed by atoms with E-state index in [-0.39, 0.29) is 0 Å². The van der Waals surface area contributed by atoms with Gasteiger partial charge in [-0.1, -0.05) is 11.6 Å². The quantitative estimate of drug-likeness (QED) is 0.471. The van der Waals surface area contributed by atoms with Crippen LogP contribution in [-0.4, -0.2) is 61.0 Å². The Bertz CT molecular complexity index is 1160. The number of hydrogen-bond donors (Lipinski definition) is 0. The average Bonchev–Trinajstić information content (AvgIpc) is 3.26. The van der Waals surface area contributed by atoms with Crippen LogP contribution in [0.2, 0.25) is 5.02 Å². The van der Waals surface area contributed by atoms with Crippen molar-refractivity contribution in [1.82, 2.24) is 34.7 Å². The summed E-state index contributed by atoms with van der Waals surface area (Å²) in [4.78, 5) is 25.1. The molecule has 9 nitrogen and oxygen atoms in total. The second kappa shape index (κ2) is 9.32. The van der Waals surface area contributed by atoms with E-state index < -0.39 is 0 Å². The van der Waals surface area contributed by atoms with Crippen LogP contribution in [-0.2, 0) is 11.8 Å². The first kappa shape index (κ1) is 21.1. The van der Waals surface area contributed by atoms with Gasteiger partial charge in [0.1, 0.15) is 11.2 Å². The molecule has 0 aromatic carbocycles. The molecule has 10 heteroatoms. The van der Waals surface area contributed by atoms with Gasteiger partial charge >= 0.3 is 0 Å². The number of anilines is 1. The molecule has 0 saturated carbocycles. The molecule has 1 saturated heterocycles. The highest BCUT2D eigenvalue weighted by molar-refractivity contribution is 6.30. The normalized spacial score (nSPS) is 13.7. The summed E-state index contributed by atoms with van der Waals surface area (Å²) in [7, 11) is 1.89. The van der Waals surface area contributed by atoms with E-state index in [9.17, 15) is 0 Å². The van der Waals surface area contributed by atoms with Crippen molar-refractivity contribution in [1.29, 1.82) is 0 Å². The molecular weight excluding hydrogens is 416 g/mol. The molecule has 0 radical (unpaired) electrons. The Morgan fingerprint density at radius 3 is 2.39 bits per heavy atom. The van der Waals surface area contributed by atoms with Crippen LogP contribution in [0.1, 0.15) is 11.4 Å². The summed E-state index contributed by atoms with van der Waals surface area (Å²) in [5, 5.41) is 4.41. The van der Waals surface area contributed by atoms with E-state index in [0.717, 1.165) is 24.5 Å². The van der Waals surface area contributed by atoms with Gasteiger partial charge in [-0.25, -0.2) is 15.0 Å². The number of aryl methyl sites for hydroxylation is 3. The lowest BCUT2D eigenvalue weighted by molar-refractivity contribution is 0.122. The van der Waals surface area contributed by atoms with Gasteiger partial charge in [0.2, 0.25) is 5.95 Å². The van der Waals surface area contributed by atoms with E-state index in [1.54, 1.807) is 23.1 Å². The highest BCUT2D eigenvalue weighted by Gasteiger charge is 2.20. The molecule has 31 heavy (non-hydrogen) atoms. The van der Waals surface area contributed by atoms with Gasteiger partial charge in [-0.3, -0.25) is 9.67 Å². The second-order valence-corrected chi connectivity index (χ2v) is 7.52. The number of rotatable bonds is 2. The van der Waals surface area contributed by atoms with Crippen molar-refractivity contribution in [3.05, 3.63) is 53.2 Å². The van der Waals surface area contributed by atoms with Gasteiger partial charge in [0.25, 0.3) is 0 Å². The monoisotopic (exact) mass is 438 g/mol. The summed E-state index contributed by atoms with van der Waals surface area (Å²) in [6, 6.07) is 5.52. The lowest BCUT2D eigenvalue weighted by atomic mass is 10.2. The lowest BCUT2D eigenvalue weighted by Crippen LogP contribution is -2.37. The highest BCUT2D eigenvalue weighted by atomic mass is 35.5. The van der Waals surface area contributed by atoms with Crippen LogP contribution >= 0.6 is 11.6 Å². The van der Waals surface area contributed by atoms with Gasteiger partial charge in [-0.05, 0) is 32.0 Å². The molecule has 0 aliphatic carbocycles. The lowest BCUT2D eigenvalue weighted by Gasteiger charge is -2.27. The number of fused-ring (bicyclic) bond motifs is 1. The fourth-order valence-corrected chi connectivity index (χ4v) is 3.16. The first-order valence-electron chi connectivity index (χ1n) is 9.92. The highest BCUT2D eigenvalue weighted by Crippen LogP contribution is 2.26. The zero-order valence-electron chi connectivity index (χ0n) is 17.7. The fraction of sp³-hybridized carbons (Fsp3) is 0.333. The van der Waals surface area contributed by atoms with Crippen LogP contribution in [0.3, 0.4) is 0 Å². The molecule has 4 aromatic rings. The van der Waals surface area contributed by atoms with Crippen molar-refractivity contribution >= 4 is 28.7 Å². The topological polar surface area (TPSA) is 94.7 Å². The third kappa shape index (κ3) is 4.95. The maximum absolute atomic E-state index is 5.97. The molecule has 0 atom stereocenters. The van der Waals surface area contributed by atoms with Crippen LogP contribution in [0.4, 0.5) is 5.95 Å². The number of aromatic nitrogens is 7. The SMILES string of the molecule is Cc1nc2nc(N3CCOCC3)nc(-c3ccc(Cl)cn3)c2nc1C.Cn1cccn1. The maximum atomic E-state index is 5.97. The molecule has 0 N–H and O–H groups in total. The zero-order chi connectivity index (χ0) is 21.8. The number of halogens is 1. The van der Waals surface area contributed by atoms with Crippen molar-refractivity contribution in [2.75, 3.05) is 31.2 Å². The van der Waals surface area contributed by atoms with Crippen molar-refractivity contribution in [3.63, 3.8) is 0 Å². The molecule has 0 unspecified atom stereocenters. The van der Waals surface area contributed by atoms with Crippen molar-refractivity contribution in [3.8, 4) is 11.4 Å². The number of pyridine rings is 1. The van der Waals surface area contributed by atoms with Crippen LogP contribution in [0.15, 0.2) is 36.8 Å². The maximum Gasteiger partial charge on any atom is 0.228 e. The number of morpholine rings is 1. The Kier molecular flexibility index (Phi) is 6.34. The Labute approximate surface area is 185 Å². The summed E-state index contributed by atoms with van der Waals surface area (Å²) in [6.45, 7) is 6.67. The molecule has 0 spiro atoms. The molecule has 5 rings (SSSR count). The van der Waals surface area contributed by atoms with E-state index in [1.807, 2.05) is 39.2 Å². The Balaban J connectivity index is 0.000000334. The molecule has 1 aliphatic rings. The number of ether oxygens (including phenoxy) is 1. The van der Waals surface area contributed by atoms with Crippen molar-refractivity contribution < 1.29 is 4.74 Å². The molecule has 0 amide bonds.